The Bertz CT molecular complexity index is 1210. The molecular weight excluding hydrogens is 408 g/mol. The Kier molecular flexibility index (Phi) is 5.43. The predicted octanol–water partition coefficient (Wildman–Crippen LogP) is 4.39. The summed E-state index contributed by atoms with van der Waals surface area (Å²) in [5, 5.41) is 7.00. The van der Waals surface area contributed by atoms with Crippen LogP contribution >= 0.6 is 0 Å². The molecule has 2 aromatic heterocycles. The molecule has 32 heavy (non-hydrogen) atoms. The van der Waals surface area contributed by atoms with Crippen LogP contribution in [0.5, 0.6) is 0 Å². The van der Waals surface area contributed by atoms with Crippen molar-refractivity contribution in [3.63, 3.8) is 0 Å². The number of nitrogens with zero attached hydrogens (tertiary/aromatic N) is 3. The molecule has 5 rings (SSSR count). The van der Waals surface area contributed by atoms with Crippen LogP contribution in [-0.2, 0) is 4.74 Å². The molecule has 0 spiro atoms. The fraction of sp³-hybridized carbons (Fsp3) is 0.208. The second kappa shape index (κ2) is 8.68. The normalized spacial score (nSPS) is 13.8. The fourth-order valence-electron chi connectivity index (χ4n) is 3.58. The fourth-order valence-corrected chi connectivity index (χ4v) is 3.58. The van der Waals surface area contributed by atoms with E-state index in [9.17, 15) is 4.79 Å². The van der Waals surface area contributed by atoms with Gasteiger partial charge in [-0.05, 0) is 61.0 Å². The van der Waals surface area contributed by atoms with Crippen molar-refractivity contribution in [2.24, 2.45) is 0 Å². The van der Waals surface area contributed by atoms with Crippen LogP contribution in [0.25, 0.3) is 22.8 Å². The summed E-state index contributed by atoms with van der Waals surface area (Å²) in [6.07, 6.45) is 1.46. The minimum atomic E-state index is -0.318. The second-order valence-electron chi connectivity index (χ2n) is 7.53. The molecule has 1 N–H and O–H groups in total. The number of carbonyl (C=O) groups excluding carboxylic acids is 1. The number of benzene rings is 2. The van der Waals surface area contributed by atoms with Crippen molar-refractivity contribution in [2.45, 2.75) is 6.92 Å². The van der Waals surface area contributed by atoms with Crippen LogP contribution in [0.1, 0.15) is 16.1 Å². The maximum atomic E-state index is 12.3. The van der Waals surface area contributed by atoms with E-state index in [1.54, 1.807) is 12.1 Å². The summed E-state index contributed by atoms with van der Waals surface area (Å²) in [5.41, 5.74) is 4.30. The van der Waals surface area contributed by atoms with Gasteiger partial charge < -0.3 is 23.9 Å². The molecule has 4 aromatic rings. The van der Waals surface area contributed by atoms with Crippen molar-refractivity contribution in [3.8, 4) is 22.8 Å². The van der Waals surface area contributed by atoms with Gasteiger partial charge in [0.05, 0.1) is 19.5 Å². The van der Waals surface area contributed by atoms with E-state index in [2.05, 4.69) is 32.5 Å². The van der Waals surface area contributed by atoms with Crippen molar-refractivity contribution in [1.29, 1.82) is 0 Å². The summed E-state index contributed by atoms with van der Waals surface area (Å²) in [5.74, 6) is 0.818. The zero-order valence-electron chi connectivity index (χ0n) is 17.6. The SMILES string of the molecule is Cc1ccc(-c2nc(-c3ccc(N4CCOCC4)cc3)no2)cc1NC(=O)c1ccco1. The number of nitrogens with one attached hydrogen (secondary N) is 1. The Morgan fingerprint density at radius 3 is 2.56 bits per heavy atom. The minimum Gasteiger partial charge on any atom is -0.459 e. The number of rotatable bonds is 5. The Labute approximate surface area is 184 Å². The lowest BCUT2D eigenvalue weighted by Crippen LogP contribution is -2.36. The first-order valence-electron chi connectivity index (χ1n) is 10.4. The van der Waals surface area contributed by atoms with Gasteiger partial charge in [0.2, 0.25) is 5.82 Å². The van der Waals surface area contributed by atoms with E-state index >= 15 is 0 Å². The third-order valence-electron chi connectivity index (χ3n) is 5.41. The third kappa shape index (κ3) is 4.13. The maximum absolute atomic E-state index is 12.3. The number of amides is 1. The first kappa shape index (κ1) is 20.0. The van der Waals surface area contributed by atoms with Crippen LogP contribution in [0, 0.1) is 6.92 Å². The summed E-state index contributed by atoms with van der Waals surface area (Å²) in [7, 11) is 0. The number of carbonyl (C=O) groups is 1. The van der Waals surface area contributed by atoms with Gasteiger partial charge in [0.15, 0.2) is 5.76 Å². The van der Waals surface area contributed by atoms with E-state index in [1.165, 1.54) is 6.26 Å². The molecule has 0 atom stereocenters. The molecule has 0 bridgehead atoms. The molecule has 0 saturated carbocycles. The molecule has 8 nitrogen and oxygen atoms in total. The molecule has 0 radical (unpaired) electrons. The first-order chi connectivity index (χ1) is 15.7. The van der Waals surface area contributed by atoms with E-state index in [4.69, 9.17) is 13.7 Å². The van der Waals surface area contributed by atoms with Crippen molar-refractivity contribution in [3.05, 3.63) is 72.2 Å². The second-order valence-corrected chi connectivity index (χ2v) is 7.53. The average Bonchev–Trinajstić information content (AvgIpc) is 3.54. The number of hydrogen-bond donors (Lipinski definition) is 1. The predicted molar refractivity (Wildman–Crippen MR) is 120 cm³/mol. The molecule has 3 heterocycles. The van der Waals surface area contributed by atoms with Gasteiger partial charge in [-0.2, -0.15) is 4.98 Å². The van der Waals surface area contributed by atoms with Crippen molar-refractivity contribution < 1.29 is 18.5 Å². The summed E-state index contributed by atoms with van der Waals surface area (Å²) in [6, 6.07) is 17.0. The van der Waals surface area contributed by atoms with Crippen LogP contribution in [-0.4, -0.2) is 42.4 Å². The van der Waals surface area contributed by atoms with Gasteiger partial charge in [0.25, 0.3) is 11.8 Å². The minimum absolute atomic E-state index is 0.246. The van der Waals surface area contributed by atoms with Crippen LogP contribution in [0.3, 0.4) is 0 Å². The number of anilines is 2. The number of furan rings is 1. The molecule has 162 valence electrons. The number of aromatic nitrogens is 2. The molecule has 1 amide bonds. The van der Waals surface area contributed by atoms with Crippen LogP contribution < -0.4 is 10.2 Å². The Morgan fingerprint density at radius 1 is 1.03 bits per heavy atom. The topological polar surface area (TPSA) is 93.6 Å². The summed E-state index contributed by atoms with van der Waals surface area (Å²) in [6.45, 7) is 5.18. The van der Waals surface area contributed by atoms with Crippen LogP contribution in [0.4, 0.5) is 11.4 Å². The summed E-state index contributed by atoms with van der Waals surface area (Å²) in [4.78, 5) is 19.2. The van der Waals surface area contributed by atoms with Gasteiger partial charge in [0, 0.05) is 35.6 Å². The van der Waals surface area contributed by atoms with Gasteiger partial charge in [-0.25, -0.2) is 0 Å². The third-order valence-corrected chi connectivity index (χ3v) is 5.41. The molecule has 0 aliphatic carbocycles. The largest absolute Gasteiger partial charge is 0.459 e. The van der Waals surface area contributed by atoms with Crippen LogP contribution in [0.15, 0.2) is 69.8 Å². The number of morpholine rings is 1. The molecular formula is C24H22N4O4. The number of aryl methyl sites for hydroxylation is 1. The lowest BCUT2D eigenvalue weighted by atomic mass is 10.1. The van der Waals surface area contributed by atoms with Crippen molar-refractivity contribution >= 4 is 17.3 Å². The zero-order chi connectivity index (χ0) is 21.9. The quantitative estimate of drug-likeness (QED) is 0.502. The maximum Gasteiger partial charge on any atom is 0.291 e. The zero-order valence-corrected chi connectivity index (χ0v) is 17.6. The average molecular weight is 430 g/mol. The lowest BCUT2D eigenvalue weighted by Gasteiger charge is -2.28. The molecule has 0 unspecified atom stereocenters. The molecule has 1 fully saturated rings. The first-order valence-corrected chi connectivity index (χ1v) is 10.4. The lowest BCUT2D eigenvalue weighted by molar-refractivity contribution is 0.0996. The molecule has 1 aliphatic rings. The monoisotopic (exact) mass is 430 g/mol. The van der Waals surface area contributed by atoms with Gasteiger partial charge in [0.1, 0.15) is 0 Å². The smallest absolute Gasteiger partial charge is 0.291 e. The van der Waals surface area contributed by atoms with E-state index in [0.717, 1.165) is 43.1 Å². The highest BCUT2D eigenvalue weighted by Crippen LogP contribution is 2.28. The Balaban J connectivity index is 1.34. The molecule has 1 aliphatic heterocycles. The van der Waals surface area contributed by atoms with Gasteiger partial charge in [-0.3, -0.25) is 4.79 Å². The molecule has 2 aromatic carbocycles. The number of hydrogen-bond acceptors (Lipinski definition) is 7. The highest BCUT2D eigenvalue weighted by molar-refractivity contribution is 6.02. The van der Waals surface area contributed by atoms with Crippen LogP contribution in [0.2, 0.25) is 0 Å². The van der Waals surface area contributed by atoms with Gasteiger partial charge >= 0.3 is 0 Å². The van der Waals surface area contributed by atoms with Gasteiger partial charge in [-0.15, -0.1) is 0 Å². The van der Waals surface area contributed by atoms with Crippen molar-refractivity contribution in [1.82, 2.24) is 10.1 Å². The van der Waals surface area contributed by atoms with E-state index in [-0.39, 0.29) is 11.7 Å². The van der Waals surface area contributed by atoms with E-state index in [1.807, 2.05) is 37.3 Å². The van der Waals surface area contributed by atoms with E-state index in [0.29, 0.717) is 23.0 Å². The van der Waals surface area contributed by atoms with Crippen molar-refractivity contribution in [2.75, 3.05) is 36.5 Å². The Morgan fingerprint density at radius 2 is 1.81 bits per heavy atom. The van der Waals surface area contributed by atoms with Gasteiger partial charge in [-0.1, -0.05) is 11.2 Å². The van der Waals surface area contributed by atoms with E-state index < -0.39 is 0 Å². The summed E-state index contributed by atoms with van der Waals surface area (Å²) < 4.78 is 16.1. The molecule has 1 saturated heterocycles. The highest BCUT2D eigenvalue weighted by Gasteiger charge is 2.16. The standard InChI is InChI=1S/C24H22N4O4/c1-16-4-5-18(15-20(16)25-23(29)21-3-2-12-31-21)24-26-22(27-32-24)17-6-8-19(9-7-17)28-10-13-30-14-11-28/h2-9,12,15H,10-11,13-14H2,1H3,(H,25,29). The Hall–Kier alpha value is -3.91. The summed E-state index contributed by atoms with van der Waals surface area (Å²) >= 11 is 0. The highest BCUT2D eigenvalue weighted by atomic mass is 16.5. The number of ether oxygens (including phenoxy) is 1. The molecule has 8 heteroatoms.